The minimum Gasteiger partial charge on any atom is -0.322 e. The molecule has 1 aromatic rings. The summed E-state index contributed by atoms with van der Waals surface area (Å²) in [7, 11) is 0. The van der Waals surface area contributed by atoms with Crippen LogP contribution >= 0.6 is 0 Å². The van der Waals surface area contributed by atoms with Crippen molar-refractivity contribution in [2.45, 2.75) is 53.6 Å². The maximum absolute atomic E-state index is 12.0. The molecule has 0 aliphatic heterocycles. The Balaban J connectivity index is 2.95. The Kier molecular flexibility index (Phi) is 4.51. The van der Waals surface area contributed by atoms with Crippen LogP contribution in [0.15, 0.2) is 0 Å². The Morgan fingerprint density at radius 2 is 1.83 bits per heavy atom. The van der Waals surface area contributed by atoms with Gasteiger partial charge in [-0.3, -0.25) is 9.48 Å². The number of hydrogen-bond acceptors (Lipinski definition) is 3. The van der Waals surface area contributed by atoms with Crippen LogP contribution < -0.4 is 11.1 Å². The van der Waals surface area contributed by atoms with Gasteiger partial charge in [-0.2, -0.15) is 5.10 Å². The van der Waals surface area contributed by atoms with Gasteiger partial charge in [-0.1, -0.05) is 13.8 Å². The quantitative estimate of drug-likeness (QED) is 0.860. The molecule has 0 aliphatic carbocycles. The Labute approximate surface area is 109 Å². The van der Waals surface area contributed by atoms with E-state index in [4.69, 9.17) is 5.73 Å². The van der Waals surface area contributed by atoms with Gasteiger partial charge in [0.1, 0.15) is 0 Å². The highest BCUT2D eigenvalue weighted by Gasteiger charge is 2.21. The first-order valence-electron chi connectivity index (χ1n) is 6.37. The zero-order valence-electron chi connectivity index (χ0n) is 12.1. The number of carbonyl (C=O) groups excluding carboxylic acids is 1. The fourth-order valence-electron chi connectivity index (χ4n) is 1.86. The van der Waals surface area contributed by atoms with Crippen LogP contribution in [0, 0.1) is 19.8 Å². The normalized spacial score (nSPS) is 13.2. The Bertz CT molecular complexity index is 434. The van der Waals surface area contributed by atoms with Gasteiger partial charge in [0.2, 0.25) is 5.91 Å². The second kappa shape index (κ2) is 5.52. The number of rotatable bonds is 4. The van der Waals surface area contributed by atoms with Crippen LogP contribution in [0.3, 0.4) is 0 Å². The van der Waals surface area contributed by atoms with E-state index in [1.165, 1.54) is 0 Å². The molecule has 0 radical (unpaired) electrons. The lowest BCUT2D eigenvalue weighted by Crippen LogP contribution is -2.40. The van der Waals surface area contributed by atoms with E-state index in [0.29, 0.717) is 0 Å². The number of amides is 1. The number of hydrogen-bond donors (Lipinski definition) is 2. The molecule has 0 saturated carbocycles. The van der Waals surface area contributed by atoms with Crippen LogP contribution in [-0.2, 0) is 4.79 Å². The molecular weight excluding hydrogens is 228 g/mol. The number of aromatic nitrogens is 2. The van der Waals surface area contributed by atoms with Crippen molar-refractivity contribution < 1.29 is 4.79 Å². The van der Waals surface area contributed by atoms with Gasteiger partial charge in [0, 0.05) is 6.04 Å². The van der Waals surface area contributed by atoms with Crippen LogP contribution in [0.4, 0.5) is 5.69 Å². The van der Waals surface area contributed by atoms with E-state index >= 15 is 0 Å². The SMILES string of the molecule is Cc1nn(C(C)C)c(C)c1NC(=O)C(N)C(C)C. The predicted molar refractivity (Wildman–Crippen MR) is 73.5 cm³/mol. The first-order chi connectivity index (χ1) is 8.25. The third-order valence-electron chi connectivity index (χ3n) is 3.08. The molecule has 0 aromatic carbocycles. The van der Waals surface area contributed by atoms with Crippen molar-refractivity contribution in [2.24, 2.45) is 11.7 Å². The lowest BCUT2D eigenvalue weighted by atomic mass is 10.0. The van der Waals surface area contributed by atoms with Crippen molar-refractivity contribution in [3.8, 4) is 0 Å². The van der Waals surface area contributed by atoms with Crippen molar-refractivity contribution in [1.29, 1.82) is 0 Å². The van der Waals surface area contributed by atoms with E-state index in [0.717, 1.165) is 17.1 Å². The fourth-order valence-corrected chi connectivity index (χ4v) is 1.86. The van der Waals surface area contributed by atoms with Gasteiger partial charge in [0.25, 0.3) is 0 Å². The molecule has 18 heavy (non-hydrogen) atoms. The second-order valence-electron chi connectivity index (χ2n) is 5.34. The van der Waals surface area contributed by atoms with Crippen molar-refractivity contribution >= 4 is 11.6 Å². The molecule has 1 atom stereocenters. The number of nitrogens with one attached hydrogen (secondary N) is 1. The summed E-state index contributed by atoms with van der Waals surface area (Å²) in [6.07, 6.45) is 0. The summed E-state index contributed by atoms with van der Waals surface area (Å²) in [4.78, 5) is 12.0. The summed E-state index contributed by atoms with van der Waals surface area (Å²) >= 11 is 0. The molecule has 1 rings (SSSR count). The topological polar surface area (TPSA) is 72.9 Å². The molecule has 1 heterocycles. The molecule has 0 bridgehead atoms. The summed E-state index contributed by atoms with van der Waals surface area (Å²) < 4.78 is 1.91. The summed E-state index contributed by atoms with van der Waals surface area (Å²) in [5, 5.41) is 7.32. The lowest BCUT2D eigenvalue weighted by Gasteiger charge is -2.15. The minimum absolute atomic E-state index is 0.116. The van der Waals surface area contributed by atoms with Gasteiger partial charge in [0.05, 0.1) is 23.1 Å². The van der Waals surface area contributed by atoms with E-state index in [-0.39, 0.29) is 17.9 Å². The molecule has 0 aliphatic rings. The molecule has 5 nitrogen and oxygen atoms in total. The minimum atomic E-state index is -0.494. The van der Waals surface area contributed by atoms with Crippen molar-refractivity contribution in [3.05, 3.63) is 11.4 Å². The average molecular weight is 252 g/mol. The first-order valence-corrected chi connectivity index (χ1v) is 6.37. The van der Waals surface area contributed by atoms with Gasteiger partial charge < -0.3 is 11.1 Å². The lowest BCUT2D eigenvalue weighted by molar-refractivity contribution is -0.118. The number of nitrogens with two attached hydrogens (primary N) is 1. The predicted octanol–water partition coefficient (Wildman–Crippen LogP) is 2.00. The summed E-state index contributed by atoms with van der Waals surface area (Å²) in [5.74, 6) is -0.0368. The summed E-state index contributed by atoms with van der Waals surface area (Å²) in [6, 6.07) is -0.223. The van der Waals surface area contributed by atoms with Gasteiger partial charge in [-0.05, 0) is 33.6 Å². The fraction of sp³-hybridized carbons (Fsp3) is 0.692. The molecule has 1 amide bonds. The Hall–Kier alpha value is -1.36. The number of nitrogens with zero attached hydrogens (tertiary/aromatic N) is 2. The molecule has 3 N–H and O–H groups in total. The van der Waals surface area contributed by atoms with Gasteiger partial charge >= 0.3 is 0 Å². The van der Waals surface area contributed by atoms with Crippen molar-refractivity contribution in [3.63, 3.8) is 0 Å². The van der Waals surface area contributed by atoms with E-state index < -0.39 is 6.04 Å². The summed E-state index contributed by atoms with van der Waals surface area (Å²) in [6.45, 7) is 11.8. The van der Waals surface area contributed by atoms with Crippen LogP contribution in [0.1, 0.15) is 45.1 Å². The molecule has 1 aromatic heterocycles. The van der Waals surface area contributed by atoms with E-state index in [9.17, 15) is 4.79 Å². The van der Waals surface area contributed by atoms with Crippen molar-refractivity contribution in [1.82, 2.24) is 9.78 Å². The zero-order chi connectivity index (χ0) is 14.0. The molecule has 0 fully saturated rings. The maximum Gasteiger partial charge on any atom is 0.241 e. The molecule has 102 valence electrons. The van der Waals surface area contributed by atoms with E-state index in [1.54, 1.807) is 0 Å². The number of carbonyl (C=O) groups is 1. The third-order valence-corrected chi connectivity index (χ3v) is 3.08. The highest BCUT2D eigenvalue weighted by molar-refractivity contribution is 5.95. The Morgan fingerprint density at radius 1 is 1.28 bits per heavy atom. The average Bonchev–Trinajstić information content (AvgIpc) is 2.55. The standard InChI is InChI=1S/C13H24N4O/c1-7(2)11(14)13(18)15-12-9(5)16-17(8(3)4)10(12)6/h7-8,11H,14H2,1-6H3,(H,15,18). The monoisotopic (exact) mass is 252 g/mol. The molecule has 0 spiro atoms. The largest absolute Gasteiger partial charge is 0.322 e. The number of aryl methyl sites for hydroxylation is 1. The van der Waals surface area contributed by atoms with Crippen LogP contribution in [0.2, 0.25) is 0 Å². The van der Waals surface area contributed by atoms with Gasteiger partial charge in [-0.25, -0.2) is 0 Å². The van der Waals surface area contributed by atoms with E-state index in [2.05, 4.69) is 24.3 Å². The molecular formula is C13H24N4O. The molecule has 1 unspecified atom stereocenters. The molecule has 5 heteroatoms. The first kappa shape index (κ1) is 14.7. The van der Waals surface area contributed by atoms with Crippen molar-refractivity contribution in [2.75, 3.05) is 5.32 Å². The van der Waals surface area contributed by atoms with E-state index in [1.807, 2.05) is 32.4 Å². The third kappa shape index (κ3) is 2.90. The molecule has 0 saturated heterocycles. The second-order valence-corrected chi connectivity index (χ2v) is 5.34. The smallest absolute Gasteiger partial charge is 0.241 e. The zero-order valence-corrected chi connectivity index (χ0v) is 12.1. The number of anilines is 1. The van der Waals surface area contributed by atoms with Gasteiger partial charge in [0.15, 0.2) is 0 Å². The highest BCUT2D eigenvalue weighted by Crippen LogP contribution is 2.22. The van der Waals surface area contributed by atoms with Crippen LogP contribution in [0.5, 0.6) is 0 Å². The Morgan fingerprint density at radius 3 is 2.22 bits per heavy atom. The maximum atomic E-state index is 12.0. The highest BCUT2D eigenvalue weighted by atomic mass is 16.2. The van der Waals surface area contributed by atoms with Crippen LogP contribution in [0.25, 0.3) is 0 Å². The van der Waals surface area contributed by atoms with Gasteiger partial charge in [-0.15, -0.1) is 0 Å². The summed E-state index contributed by atoms with van der Waals surface area (Å²) in [5.41, 5.74) is 8.41. The van der Waals surface area contributed by atoms with Crippen LogP contribution in [-0.4, -0.2) is 21.7 Å².